The van der Waals surface area contributed by atoms with Crippen LogP contribution in [0.3, 0.4) is 0 Å². The molecule has 0 spiro atoms. The molecule has 0 aromatic carbocycles. The molecule has 0 N–H and O–H groups in total. The molecule has 0 aliphatic rings. The molecule has 0 unspecified atom stereocenters. The molecule has 0 fully saturated rings. The van der Waals surface area contributed by atoms with Crippen molar-refractivity contribution < 1.29 is 9.31 Å². The van der Waals surface area contributed by atoms with Crippen molar-refractivity contribution in [2.75, 3.05) is 13.2 Å². The standard InChI is InChI=1S/C10H21BBr2O2/c1-3-5-7-14-11(9-10(12)13)15-8-6-4-2/h10H,3-9H2,1-2H3. The molecule has 90 valence electrons. The highest BCUT2D eigenvalue weighted by atomic mass is 79.9. The topological polar surface area (TPSA) is 18.5 Å². The van der Waals surface area contributed by atoms with Gasteiger partial charge in [-0.3, -0.25) is 0 Å². The van der Waals surface area contributed by atoms with Gasteiger partial charge in [-0.05, 0) is 12.8 Å². The van der Waals surface area contributed by atoms with Gasteiger partial charge in [0.05, 0.1) is 3.74 Å². The molecule has 0 radical (unpaired) electrons. The van der Waals surface area contributed by atoms with Crippen LogP contribution in [0.1, 0.15) is 39.5 Å². The number of halogens is 2. The van der Waals surface area contributed by atoms with E-state index in [1.54, 1.807) is 0 Å². The van der Waals surface area contributed by atoms with E-state index in [9.17, 15) is 0 Å². The van der Waals surface area contributed by atoms with Crippen molar-refractivity contribution in [1.29, 1.82) is 0 Å². The summed E-state index contributed by atoms with van der Waals surface area (Å²) in [6.45, 7) is 5.90. The first-order chi connectivity index (χ1) is 7.20. The Morgan fingerprint density at radius 3 is 1.80 bits per heavy atom. The Kier molecular flexibility index (Phi) is 12.2. The lowest BCUT2D eigenvalue weighted by Gasteiger charge is -2.15. The Balaban J connectivity index is 3.63. The quantitative estimate of drug-likeness (QED) is 0.336. The number of hydrogen-bond donors (Lipinski definition) is 0. The molecule has 0 rings (SSSR count). The van der Waals surface area contributed by atoms with E-state index in [0.717, 1.165) is 45.2 Å². The molecule has 15 heavy (non-hydrogen) atoms. The molecule has 2 nitrogen and oxygen atoms in total. The van der Waals surface area contributed by atoms with E-state index >= 15 is 0 Å². The van der Waals surface area contributed by atoms with Gasteiger partial charge in [-0.15, -0.1) is 0 Å². The minimum absolute atomic E-state index is 0.0770. The summed E-state index contributed by atoms with van der Waals surface area (Å²) in [5.74, 6) is 0. The lowest BCUT2D eigenvalue weighted by Crippen LogP contribution is -2.25. The van der Waals surface area contributed by atoms with Gasteiger partial charge in [-0.25, -0.2) is 0 Å². The molecule has 0 bridgehead atoms. The first kappa shape index (κ1) is 15.9. The van der Waals surface area contributed by atoms with Gasteiger partial charge < -0.3 is 9.31 Å². The van der Waals surface area contributed by atoms with Crippen LogP contribution in [0.15, 0.2) is 0 Å². The molecule has 0 amide bonds. The van der Waals surface area contributed by atoms with Gasteiger partial charge in [0.15, 0.2) is 0 Å². The average molecular weight is 344 g/mol. The molecule has 5 heteroatoms. The third-order valence-corrected chi connectivity index (χ3v) is 2.72. The number of unbranched alkanes of at least 4 members (excludes halogenated alkanes) is 2. The van der Waals surface area contributed by atoms with Crippen LogP contribution in [0.25, 0.3) is 0 Å². The van der Waals surface area contributed by atoms with Gasteiger partial charge in [-0.1, -0.05) is 58.5 Å². The lowest BCUT2D eigenvalue weighted by molar-refractivity contribution is 0.192. The van der Waals surface area contributed by atoms with E-state index in [1.807, 2.05) is 0 Å². The van der Waals surface area contributed by atoms with Crippen LogP contribution >= 0.6 is 31.9 Å². The van der Waals surface area contributed by atoms with Crippen LogP contribution in [0.4, 0.5) is 0 Å². The molecule has 0 saturated carbocycles. The molecule has 0 aliphatic heterocycles. The average Bonchev–Trinajstić information content (AvgIpc) is 2.17. The maximum absolute atomic E-state index is 5.66. The largest absolute Gasteiger partial charge is 0.458 e. The zero-order valence-electron chi connectivity index (χ0n) is 9.68. The second-order valence-corrected chi connectivity index (χ2v) is 6.94. The zero-order valence-corrected chi connectivity index (χ0v) is 12.8. The highest BCUT2D eigenvalue weighted by Gasteiger charge is 2.20. The fraction of sp³-hybridized carbons (Fsp3) is 1.00. The summed E-state index contributed by atoms with van der Waals surface area (Å²) < 4.78 is 11.6. The third-order valence-electron chi connectivity index (χ3n) is 1.97. The maximum Gasteiger partial charge on any atom is 0.458 e. The van der Waals surface area contributed by atoms with Gasteiger partial charge in [0.25, 0.3) is 0 Å². The SMILES string of the molecule is CCCCOB(CC(Br)Br)OCCCC. The van der Waals surface area contributed by atoms with Crippen LogP contribution in [-0.4, -0.2) is 24.1 Å². The summed E-state index contributed by atoms with van der Waals surface area (Å²) in [6.07, 6.45) is 5.36. The van der Waals surface area contributed by atoms with Crippen molar-refractivity contribution in [2.24, 2.45) is 0 Å². The van der Waals surface area contributed by atoms with E-state index in [0.29, 0.717) is 0 Å². The Bertz CT molecular complexity index is 127. The Hall–Kier alpha value is 0.945. The Morgan fingerprint density at radius 2 is 1.47 bits per heavy atom. The predicted octanol–water partition coefficient (Wildman–Crippen LogP) is 4.22. The number of alkyl halides is 2. The monoisotopic (exact) mass is 342 g/mol. The molecule has 0 aromatic heterocycles. The van der Waals surface area contributed by atoms with Crippen LogP contribution in [0, 0.1) is 0 Å². The van der Waals surface area contributed by atoms with Gasteiger partial charge in [0, 0.05) is 19.5 Å². The second-order valence-electron chi connectivity index (χ2n) is 3.51. The molecule has 0 saturated heterocycles. The van der Waals surface area contributed by atoms with Crippen molar-refractivity contribution in [3.8, 4) is 0 Å². The van der Waals surface area contributed by atoms with E-state index in [-0.39, 0.29) is 10.9 Å². The normalized spacial score (nSPS) is 11.0. The summed E-state index contributed by atoms with van der Waals surface area (Å²) in [6, 6.07) is 0. The number of rotatable bonds is 10. The Morgan fingerprint density at radius 1 is 1.00 bits per heavy atom. The van der Waals surface area contributed by atoms with Crippen molar-refractivity contribution in [2.45, 2.75) is 49.6 Å². The van der Waals surface area contributed by atoms with E-state index < -0.39 is 0 Å². The van der Waals surface area contributed by atoms with Gasteiger partial charge in [-0.2, -0.15) is 0 Å². The first-order valence-corrected chi connectivity index (χ1v) is 7.55. The molecule has 0 aromatic rings. The van der Waals surface area contributed by atoms with Crippen LogP contribution in [0.5, 0.6) is 0 Å². The lowest BCUT2D eigenvalue weighted by atomic mass is 9.86. The molecule has 0 aliphatic carbocycles. The van der Waals surface area contributed by atoms with Crippen LogP contribution in [0.2, 0.25) is 6.32 Å². The van der Waals surface area contributed by atoms with Crippen molar-refractivity contribution in [3.05, 3.63) is 0 Å². The molecular formula is C10H21BBr2O2. The van der Waals surface area contributed by atoms with Crippen molar-refractivity contribution in [3.63, 3.8) is 0 Å². The van der Waals surface area contributed by atoms with Crippen molar-refractivity contribution in [1.82, 2.24) is 0 Å². The minimum atomic E-state index is -0.0770. The van der Waals surface area contributed by atoms with Crippen molar-refractivity contribution >= 4 is 39.0 Å². The molecule has 0 atom stereocenters. The Labute approximate surface area is 111 Å². The van der Waals surface area contributed by atoms with Crippen LogP contribution < -0.4 is 0 Å². The zero-order chi connectivity index (χ0) is 11.5. The summed E-state index contributed by atoms with van der Waals surface area (Å²) in [5.41, 5.74) is 0. The van der Waals surface area contributed by atoms with Crippen LogP contribution in [-0.2, 0) is 9.31 Å². The fourth-order valence-electron chi connectivity index (χ4n) is 1.05. The third kappa shape index (κ3) is 11.2. The highest BCUT2D eigenvalue weighted by molar-refractivity contribution is 9.24. The number of hydrogen-bond acceptors (Lipinski definition) is 2. The smallest absolute Gasteiger partial charge is 0.411 e. The first-order valence-electron chi connectivity index (χ1n) is 5.72. The van der Waals surface area contributed by atoms with E-state index in [2.05, 4.69) is 45.7 Å². The molecular weight excluding hydrogens is 323 g/mol. The van der Waals surface area contributed by atoms with Gasteiger partial charge in [0.2, 0.25) is 0 Å². The fourth-order valence-corrected chi connectivity index (χ4v) is 1.66. The molecule has 0 heterocycles. The summed E-state index contributed by atoms with van der Waals surface area (Å²) in [7, 11) is -0.0770. The maximum atomic E-state index is 5.66. The van der Waals surface area contributed by atoms with E-state index in [1.165, 1.54) is 0 Å². The van der Waals surface area contributed by atoms with Gasteiger partial charge >= 0.3 is 7.12 Å². The summed E-state index contributed by atoms with van der Waals surface area (Å²) >= 11 is 6.90. The summed E-state index contributed by atoms with van der Waals surface area (Å²) in [5, 5.41) is 0. The predicted molar refractivity (Wildman–Crippen MR) is 73.9 cm³/mol. The highest BCUT2D eigenvalue weighted by Crippen LogP contribution is 2.17. The summed E-state index contributed by atoms with van der Waals surface area (Å²) in [4.78, 5) is 0. The van der Waals surface area contributed by atoms with E-state index in [4.69, 9.17) is 9.31 Å². The van der Waals surface area contributed by atoms with Gasteiger partial charge in [0.1, 0.15) is 0 Å². The second kappa shape index (κ2) is 11.4. The minimum Gasteiger partial charge on any atom is -0.411 e.